The van der Waals surface area contributed by atoms with Crippen LogP contribution in [0.2, 0.25) is 0 Å². The number of anilines is 1. The van der Waals surface area contributed by atoms with Gasteiger partial charge >= 0.3 is 5.97 Å². The van der Waals surface area contributed by atoms with Crippen LogP contribution in [0.3, 0.4) is 0 Å². The molecule has 1 aliphatic rings. The van der Waals surface area contributed by atoms with Crippen LogP contribution < -0.4 is 4.90 Å². The summed E-state index contributed by atoms with van der Waals surface area (Å²) in [5, 5.41) is 9.45. The van der Waals surface area contributed by atoms with Crippen LogP contribution in [-0.4, -0.2) is 22.6 Å². The molecule has 4 nitrogen and oxygen atoms in total. The van der Waals surface area contributed by atoms with E-state index in [-0.39, 0.29) is 0 Å². The Balaban J connectivity index is 1.97. The van der Waals surface area contributed by atoms with E-state index < -0.39 is 11.9 Å². The van der Waals surface area contributed by atoms with Crippen LogP contribution in [0.1, 0.15) is 22.6 Å². The third kappa shape index (κ3) is 2.25. The third-order valence-corrected chi connectivity index (χ3v) is 3.71. The van der Waals surface area contributed by atoms with E-state index in [1.54, 1.807) is 0 Å². The summed E-state index contributed by atoms with van der Waals surface area (Å²) in [5.74, 6) is -0.450. The molecule has 0 saturated carbocycles. The maximum absolute atomic E-state index is 11.5. The minimum absolute atomic E-state index is 0.461. The number of carbonyl (C=O) groups is 1. The molecule has 0 amide bonds. The second-order valence-electron chi connectivity index (χ2n) is 5.16. The molecule has 0 spiro atoms. The molecular weight excluding hydrogens is 252 g/mol. The van der Waals surface area contributed by atoms with Gasteiger partial charge in [-0.2, -0.15) is 0 Å². The van der Waals surface area contributed by atoms with Crippen LogP contribution in [0.25, 0.3) is 0 Å². The van der Waals surface area contributed by atoms with Crippen molar-refractivity contribution in [2.24, 2.45) is 0 Å². The molecule has 2 heterocycles. The minimum atomic E-state index is -0.783. The highest BCUT2D eigenvalue weighted by Gasteiger charge is 2.30. The Morgan fingerprint density at radius 1 is 1.30 bits per heavy atom. The maximum atomic E-state index is 11.5. The monoisotopic (exact) mass is 268 g/mol. The van der Waals surface area contributed by atoms with Crippen LogP contribution in [0, 0.1) is 6.92 Å². The van der Waals surface area contributed by atoms with Crippen LogP contribution in [-0.2, 0) is 11.3 Å². The van der Waals surface area contributed by atoms with Crippen LogP contribution in [0.5, 0.6) is 0 Å². The Labute approximate surface area is 117 Å². The van der Waals surface area contributed by atoms with Crippen molar-refractivity contribution in [1.82, 2.24) is 4.98 Å². The summed E-state index contributed by atoms with van der Waals surface area (Å²) in [7, 11) is 0. The molecule has 0 bridgehead atoms. The number of fused-ring (bicyclic) bond motifs is 1. The number of hydrogen-bond donors (Lipinski definition) is 1. The first-order valence-electron chi connectivity index (χ1n) is 6.63. The number of carboxylic acid groups (broad SMARTS) is 1. The zero-order valence-electron chi connectivity index (χ0n) is 11.3. The second-order valence-corrected chi connectivity index (χ2v) is 5.16. The molecule has 0 aliphatic carbocycles. The van der Waals surface area contributed by atoms with E-state index in [0.717, 1.165) is 22.5 Å². The quantitative estimate of drug-likeness (QED) is 0.909. The Kier molecular flexibility index (Phi) is 3.14. The molecule has 0 fully saturated rings. The molecule has 1 aromatic heterocycles. The van der Waals surface area contributed by atoms with Crippen molar-refractivity contribution in [3.8, 4) is 0 Å². The number of aromatic nitrogens is 1. The summed E-state index contributed by atoms with van der Waals surface area (Å²) in [4.78, 5) is 17.9. The number of rotatable bonds is 2. The van der Waals surface area contributed by atoms with Crippen LogP contribution in [0.15, 0.2) is 42.6 Å². The Morgan fingerprint density at radius 3 is 2.80 bits per heavy atom. The predicted octanol–water partition coefficient (Wildman–Crippen LogP) is 2.58. The van der Waals surface area contributed by atoms with Gasteiger partial charge in [-0.1, -0.05) is 30.3 Å². The van der Waals surface area contributed by atoms with E-state index in [4.69, 9.17) is 0 Å². The Morgan fingerprint density at radius 2 is 2.10 bits per heavy atom. The molecule has 0 radical (unpaired) electrons. The predicted molar refractivity (Wildman–Crippen MR) is 76.8 cm³/mol. The van der Waals surface area contributed by atoms with Gasteiger partial charge in [0.25, 0.3) is 0 Å². The summed E-state index contributed by atoms with van der Waals surface area (Å²) in [6.07, 6.45) is 1.81. The van der Waals surface area contributed by atoms with Gasteiger partial charge < -0.3 is 10.0 Å². The van der Waals surface area contributed by atoms with Gasteiger partial charge in [0.2, 0.25) is 0 Å². The molecule has 102 valence electrons. The number of hydrogen-bond acceptors (Lipinski definition) is 3. The third-order valence-electron chi connectivity index (χ3n) is 3.71. The lowest BCUT2D eigenvalue weighted by molar-refractivity contribution is -0.138. The fraction of sp³-hybridized carbons (Fsp3) is 0.250. The van der Waals surface area contributed by atoms with Gasteiger partial charge in [-0.05, 0) is 29.7 Å². The van der Waals surface area contributed by atoms with E-state index >= 15 is 0 Å². The van der Waals surface area contributed by atoms with E-state index in [1.165, 1.54) is 0 Å². The van der Waals surface area contributed by atoms with Crippen LogP contribution in [0.4, 0.5) is 5.82 Å². The van der Waals surface area contributed by atoms with E-state index in [1.807, 2.05) is 54.4 Å². The lowest BCUT2D eigenvalue weighted by Gasteiger charge is -2.33. The number of aryl methyl sites for hydroxylation is 1. The summed E-state index contributed by atoms with van der Waals surface area (Å²) < 4.78 is 0. The van der Waals surface area contributed by atoms with Gasteiger partial charge in [0.1, 0.15) is 5.82 Å². The zero-order valence-corrected chi connectivity index (χ0v) is 11.3. The van der Waals surface area contributed by atoms with E-state index in [0.29, 0.717) is 13.1 Å². The average Bonchev–Trinajstić information content (AvgIpc) is 2.46. The molecule has 2 aromatic rings. The summed E-state index contributed by atoms with van der Waals surface area (Å²) in [5.41, 5.74) is 3.08. The van der Waals surface area contributed by atoms with Crippen molar-refractivity contribution in [2.45, 2.75) is 19.4 Å². The second kappa shape index (κ2) is 4.96. The highest BCUT2D eigenvalue weighted by Crippen LogP contribution is 2.30. The normalized spacial score (nSPS) is 17.6. The SMILES string of the molecule is Cc1ccc(N2Cc3ccccc3C(C(=O)O)C2)nc1. The molecule has 1 aliphatic heterocycles. The van der Waals surface area contributed by atoms with Gasteiger partial charge in [0.15, 0.2) is 0 Å². The molecule has 3 rings (SSSR count). The minimum Gasteiger partial charge on any atom is -0.481 e. The zero-order chi connectivity index (χ0) is 14.1. The topological polar surface area (TPSA) is 53.4 Å². The van der Waals surface area contributed by atoms with Gasteiger partial charge in [0.05, 0.1) is 5.92 Å². The first kappa shape index (κ1) is 12.7. The molecule has 20 heavy (non-hydrogen) atoms. The van der Waals surface area contributed by atoms with Crippen molar-refractivity contribution < 1.29 is 9.90 Å². The smallest absolute Gasteiger partial charge is 0.312 e. The summed E-state index contributed by atoms with van der Waals surface area (Å²) >= 11 is 0. The first-order chi connectivity index (χ1) is 9.65. The molecule has 1 unspecified atom stereocenters. The van der Waals surface area contributed by atoms with Gasteiger partial charge in [-0.3, -0.25) is 4.79 Å². The highest BCUT2D eigenvalue weighted by atomic mass is 16.4. The lowest BCUT2D eigenvalue weighted by atomic mass is 9.90. The van der Waals surface area contributed by atoms with Crippen molar-refractivity contribution in [3.05, 3.63) is 59.3 Å². The van der Waals surface area contributed by atoms with E-state index in [9.17, 15) is 9.90 Å². The van der Waals surface area contributed by atoms with E-state index in [2.05, 4.69) is 4.98 Å². The van der Waals surface area contributed by atoms with Gasteiger partial charge in [-0.25, -0.2) is 4.98 Å². The largest absolute Gasteiger partial charge is 0.481 e. The highest BCUT2D eigenvalue weighted by molar-refractivity contribution is 5.78. The van der Waals surface area contributed by atoms with Crippen molar-refractivity contribution in [3.63, 3.8) is 0 Å². The fourth-order valence-electron chi connectivity index (χ4n) is 2.64. The number of nitrogens with zero attached hydrogens (tertiary/aromatic N) is 2. The molecule has 1 N–H and O–H groups in total. The number of pyridine rings is 1. The van der Waals surface area contributed by atoms with Crippen LogP contribution >= 0.6 is 0 Å². The lowest BCUT2D eigenvalue weighted by Crippen LogP contribution is -2.37. The molecule has 1 aromatic carbocycles. The Bertz CT molecular complexity index is 637. The summed E-state index contributed by atoms with van der Waals surface area (Å²) in [6, 6.07) is 11.7. The van der Waals surface area contributed by atoms with Crippen molar-refractivity contribution in [2.75, 3.05) is 11.4 Å². The summed E-state index contributed by atoms with van der Waals surface area (Å²) in [6.45, 7) is 3.15. The van der Waals surface area contributed by atoms with Crippen molar-refractivity contribution >= 4 is 11.8 Å². The van der Waals surface area contributed by atoms with Gasteiger partial charge in [0, 0.05) is 19.3 Å². The van der Waals surface area contributed by atoms with Crippen molar-refractivity contribution in [1.29, 1.82) is 0 Å². The maximum Gasteiger partial charge on any atom is 0.312 e. The number of aliphatic carboxylic acids is 1. The Hall–Kier alpha value is -2.36. The molecule has 0 saturated heterocycles. The molecule has 1 atom stereocenters. The fourth-order valence-corrected chi connectivity index (χ4v) is 2.64. The molecular formula is C16H16N2O2. The standard InChI is InChI=1S/C16H16N2O2/c1-11-6-7-15(17-8-11)18-9-12-4-2-3-5-13(12)14(10-18)16(19)20/h2-8,14H,9-10H2,1H3,(H,19,20). The number of benzene rings is 1. The first-order valence-corrected chi connectivity index (χ1v) is 6.63. The molecule has 4 heteroatoms. The average molecular weight is 268 g/mol. The van der Waals surface area contributed by atoms with Gasteiger partial charge in [-0.15, -0.1) is 0 Å². The number of carboxylic acids is 1.